The molecule has 9 heteroatoms. The Hall–Kier alpha value is -2.98. The fourth-order valence-corrected chi connectivity index (χ4v) is 3.86. The minimum absolute atomic E-state index is 0.000570. The molecular weight excluding hydrogens is 398 g/mol. The van der Waals surface area contributed by atoms with Gasteiger partial charge in [-0.15, -0.1) is 0 Å². The van der Waals surface area contributed by atoms with Crippen molar-refractivity contribution in [2.75, 3.05) is 44.8 Å². The highest BCUT2D eigenvalue weighted by Crippen LogP contribution is 2.40. The Morgan fingerprint density at radius 3 is 2.81 bits per heavy atom. The Morgan fingerprint density at radius 1 is 1.13 bits per heavy atom. The van der Waals surface area contributed by atoms with Gasteiger partial charge in [0.25, 0.3) is 0 Å². The third-order valence-electron chi connectivity index (χ3n) is 5.27. The predicted octanol–water partition coefficient (Wildman–Crippen LogP) is 1.00. The lowest BCUT2D eigenvalue weighted by Crippen LogP contribution is -2.20. The van der Waals surface area contributed by atoms with E-state index in [2.05, 4.69) is 10.6 Å². The van der Waals surface area contributed by atoms with Gasteiger partial charge in [-0.2, -0.15) is 5.10 Å². The van der Waals surface area contributed by atoms with Gasteiger partial charge < -0.3 is 31.3 Å². The van der Waals surface area contributed by atoms with Gasteiger partial charge in [0.05, 0.1) is 47.3 Å². The van der Waals surface area contributed by atoms with E-state index in [0.717, 1.165) is 28.7 Å². The maximum atomic E-state index is 12.6. The van der Waals surface area contributed by atoms with Gasteiger partial charge in [0, 0.05) is 30.7 Å². The van der Waals surface area contributed by atoms with E-state index in [-0.39, 0.29) is 23.2 Å². The lowest BCUT2D eigenvalue weighted by molar-refractivity contribution is 0.0937. The number of aliphatic hydroxyl groups excluding tert-OH is 1. The van der Waals surface area contributed by atoms with Crippen LogP contribution in [0, 0.1) is 0 Å². The highest BCUT2D eigenvalue weighted by molar-refractivity contribution is 6.13. The Labute approximate surface area is 178 Å². The lowest BCUT2D eigenvalue weighted by Gasteiger charge is -2.13. The molecule has 31 heavy (non-hydrogen) atoms. The first-order valence-electron chi connectivity index (χ1n) is 10.4. The third kappa shape index (κ3) is 4.00. The molecule has 0 fully saturated rings. The van der Waals surface area contributed by atoms with Crippen LogP contribution in [-0.4, -0.2) is 59.3 Å². The summed E-state index contributed by atoms with van der Waals surface area (Å²) in [5, 5.41) is 33.0. The molecule has 4 aromatic rings. The molecule has 0 amide bonds. The number of aromatic hydroxyl groups is 1. The van der Waals surface area contributed by atoms with Crippen LogP contribution >= 0.6 is 0 Å². The largest absolute Gasteiger partial charge is 0.506 e. The molecule has 2 aromatic heterocycles. The van der Waals surface area contributed by atoms with Gasteiger partial charge in [0.1, 0.15) is 5.75 Å². The summed E-state index contributed by atoms with van der Waals surface area (Å²) in [6.07, 6.45) is 0.786. The summed E-state index contributed by atoms with van der Waals surface area (Å²) >= 11 is 0. The number of nitrogens with zero attached hydrogens (tertiary/aromatic N) is 2. The predicted molar refractivity (Wildman–Crippen MR) is 121 cm³/mol. The van der Waals surface area contributed by atoms with Crippen LogP contribution in [0.1, 0.15) is 12.1 Å². The fourth-order valence-electron chi connectivity index (χ4n) is 3.86. The number of anilines is 1. The molecule has 2 aromatic carbocycles. The van der Waals surface area contributed by atoms with Crippen molar-refractivity contribution in [1.82, 2.24) is 14.9 Å². The van der Waals surface area contributed by atoms with Crippen molar-refractivity contribution in [3.8, 4) is 5.75 Å². The number of benzene rings is 2. The molecule has 0 atom stereocenters. The molecule has 0 aliphatic heterocycles. The highest BCUT2D eigenvalue weighted by Gasteiger charge is 2.21. The first kappa shape index (κ1) is 21.3. The van der Waals surface area contributed by atoms with Crippen LogP contribution in [-0.2, 0) is 11.3 Å². The zero-order valence-electron chi connectivity index (χ0n) is 17.2. The third-order valence-corrected chi connectivity index (χ3v) is 5.27. The summed E-state index contributed by atoms with van der Waals surface area (Å²) in [6, 6.07) is 8.79. The van der Waals surface area contributed by atoms with Gasteiger partial charge in [-0.3, -0.25) is 4.79 Å². The molecular formula is C22H27N5O4. The minimum Gasteiger partial charge on any atom is -0.506 e. The first-order chi connectivity index (χ1) is 15.2. The summed E-state index contributed by atoms with van der Waals surface area (Å²) < 4.78 is 7.02. The maximum Gasteiger partial charge on any atom is 0.191 e. The quantitative estimate of drug-likeness (QED) is 0.178. The fraction of sp³-hybridized carbons (Fsp3) is 0.364. The van der Waals surface area contributed by atoms with Gasteiger partial charge in [-0.1, -0.05) is 6.07 Å². The van der Waals surface area contributed by atoms with Crippen LogP contribution < -0.4 is 21.8 Å². The van der Waals surface area contributed by atoms with Crippen molar-refractivity contribution in [2.45, 2.75) is 13.0 Å². The number of ether oxygens (including phenoxy) is 1. The van der Waals surface area contributed by atoms with Crippen molar-refractivity contribution in [1.29, 1.82) is 0 Å². The van der Waals surface area contributed by atoms with Gasteiger partial charge in [-0.05, 0) is 37.2 Å². The van der Waals surface area contributed by atoms with Crippen LogP contribution in [0.15, 0.2) is 35.1 Å². The SMILES string of the molecule is NCCCNc1ccc2c(CNCCOCCO)nn3c4cccc(=O)c4c(O)c1c23. The normalized spacial score (nSPS) is 11.8. The summed E-state index contributed by atoms with van der Waals surface area (Å²) in [5.41, 5.74) is 8.25. The maximum absolute atomic E-state index is 12.6. The second kappa shape index (κ2) is 9.44. The molecule has 0 bridgehead atoms. The Kier molecular flexibility index (Phi) is 6.47. The van der Waals surface area contributed by atoms with Gasteiger partial charge in [0.15, 0.2) is 5.43 Å². The first-order valence-corrected chi connectivity index (χ1v) is 10.4. The molecule has 0 unspecified atom stereocenters. The zero-order chi connectivity index (χ0) is 21.8. The van der Waals surface area contributed by atoms with Crippen LogP contribution in [0.25, 0.3) is 27.2 Å². The lowest BCUT2D eigenvalue weighted by atomic mass is 10.0. The van der Waals surface area contributed by atoms with Crippen LogP contribution in [0.4, 0.5) is 5.69 Å². The number of aromatic nitrogens is 2. The number of pyridine rings is 1. The van der Waals surface area contributed by atoms with Crippen LogP contribution in [0.5, 0.6) is 5.75 Å². The standard InChI is InChI=1S/C22H27N5O4/c23-7-2-8-25-15-6-5-14-16(13-24-9-11-31-12-10-28)26-27-17-3-1-4-18(29)20(17)22(30)19(15)21(14)27/h1,3-6,24-25,28,30H,2,7-13,23H2. The van der Waals surface area contributed by atoms with Crippen molar-refractivity contribution in [3.05, 3.63) is 46.2 Å². The number of hydrogen-bond acceptors (Lipinski definition) is 8. The topological polar surface area (TPSA) is 134 Å². The number of aliphatic hydroxyl groups is 1. The van der Waals surface area contributed by atoms with Crippen molar-refractivity contribution < 1.29 is 14.9 Å². The van der Waals surface area contributed by atoms with E-state index in [1.807, 2.05) is 12.1 Å². The summed E-state index contributed by atoms with van der Waals surface area (Å²) in [5.74, 6) is -0.0363. The van der Waals surface area contributed by atoms with Crippen molar-refractivity contribution in [3.63, 3.8) is 0 Å². The smallest absolute Gasteiger partial charge is 0.191 e. The van der Waals surface area contributed by atoms with E-state index >= 15 is 0 Å². The van der Waals surface area contributed by atoms with E-state index in [0.29, 0.717) is 50.3 Å². The molecule has 0 aliphatic carbocycles. The minimum atomic E-state index is -0.248. The molecule has 0 spiro atoms. The summed E-state index contributed by atoms with van der Waals surface area (Å²) in [6.45, 7) is 3.12. The average Bonchev–Trinajstić information content (AvgIpc) is 3.14. The molecule has 9 nitrogen and oxygen atoms in total. The average molecular weight is 425 g/mol. The molecule has 2 heterocycles. The number of nitrogens with one attached hydrogen (secondary N) is 2. The van der Waals surface area contributed by atoms with Crippen LogP contribution in [0.2, 0.25) is 0 Å². The van der Waals surface area contributed by atoms with Gasteiger partial charge in [-0.25, -0.2) is 4.52 Å². The monoisotopic (exact) mass is 425 g/mol. The van der Waals surface area contributed by atoms with E-state index < -0.39 is 0 Å². The van der Waals surface area contributed by atoms with Crippen molar-refractivity contribution in [2.24, 2.45) is 5.73 Å². The molecule has 0 radical (unpaired) electrons. The van der Waals surface area contributed by atoms with E-state index in [4.69, 9.17) is 20.7 Å². The number of rotatable bonds is 11. The molecule has 0 aliphatic rings. The Balaban J connectivity index is 1.81. The number of hydrogen-bond donors (Lipinski definition) is 5. The summed E-state index contributed by atoms with van der Waals surface area (Å²) in [7, 11) is 0. The Morgan fingerprint density at radius 2 is 2.00 bits per heavy atom. The number of fused-ring (bicyclic) bond motifs is 2. The van der Waals surface area contributed by atoms with E-state index in [1.165, 1.54) is 6.07 Å². The summed E-state index contributed by atoms with van der Waals surface area (Å²) in [4.78, 5) is 12.6. The second-order valence-electron chi connectivity index (χ2n) is 7.32. The van der Waals surface area contributed by atoms with Crippen LogP contribution in [0.3, 0.4) is 0 Å². The molecule has 164 valence electrons. The molecule has 4 rings (SSSR count). The van der Waals surface area contributed by atoms with E-state index in [1.54, 1.807) is 16.6 Å². The van der Waals surface area contributed by atoms with Gasteiger partial charge >= 0.3 is 0 Å². The van der Waals surface area contributed by atoms with Crippen molar-refractivity contribution >= 4 is 32.9 Å². The zero-order valence-corrected chi connectivity index (χ0v) is 17.2. The highest BCUT2D eigenvalue weighted by atomic mass is 16.5. The molecule has 0 saturated carbocycles. The van der Waals surface area contributed by atoms with Gasteiger partial charge in [0.2, 0.25) is 0 Å². The second-order valence-corrected chi connectivity index (χ2v) is 7.32. The molecule has 0 saturated heterocycles. The van der Waals surface area contributed by atoms with E-state index in [9.17, 15) is 9.90 Å². The molecule has 6 N–H and O–H groups in total. The Bertz CT molecular complexity index is 1240. The number of nitrogens with two attached hydrogens (primary N) is 1.